The number of rotatable bonds is 9. The van der Waals surface area contributed by atoms with E-state index in [0.29, 0.717) is 30.8 Å². The predicted octanol–water partition coefficient (Wildman–Crippen LogP) is 1.78. The van der Waals surface area contributed by atoms with Crippen molar-refractivity contribution in [3.63, 3.8) is 0 Å². The Morgan fingerprint density at radius 3 is 2.36 bits per heavy atom. The summed E-state index contributed by atoms with van der Waals surface area (Å²) in [6, 6.07) is 9.51. The molecule has 2 aromatic rings. The highest BCUT2D eigenvalue weighted by Crippen LogP contribution is 2.29. The Morgan fingerprint density at radius 2 is 1.82 bits per heavy atom. The maximum atomic E-state index is 13.5. The van der Waals surface area contributed by atoms with Gasteiger partial charge in [-0.2, -0.15) is 0 Å². The van der Waals surface area contributed by atoms with Gasteiger partial charge in [-0.05, 0) is 55.7 Å². The van der Waals surface area contributed by atoms with Gasteiger partial charge in [0.15, 0.2) is 9.84 Å². The minimum atomic E-state index is -3.84. The molecular weight excluding hydrogens is 466 g/mol. The minimum absolute atomic E-state index is 0.119. The zero-order chi connectivity index (χ0) is 24.1. The molecule has 1 aromatic heterocycles. The third kappa shape index (κ3) is 6.30. The lowest BCUT2D eigenvalue weighted by Crippen LogP contribution is -2.43. The van der Waals surface area contributed by atoms with E-state index in [0.717, 1.165) is 6.26 Å². The molecule has 1 aliphatic heterocycles. The first-order valence-corrected chi connectivity index (χ1v) is 14.1. The van der Waals surface area contributed by atoms with Crippen LogP contribution in [-0.2, 0) is 24.7 Å². The van der Waals surface area contributed by atoms with Crippen LogP contribution >= 0.6 is 0 Å². The monoisotopic (exact) mass is 495 g/mol. The summed E-state index contributed by atoms with van der Waals surface area (Å²) < 4.78 is 57.0. The van der Waals surface area contributed by atoms with E-state index in [1.54, 1.807) is 30.5 Å². The van der Waals surface area contributed by atoms with Crippen LogP contribution in [0, 0.1) is 5.92 Å². The van der Waals surface area contributed by atoms with E-state index in [4.69, 9.17) is 4.74 Å². The smallest absolute Gasteiger partial charge is 0.223 e. The Kier molecular flexibility index (Phi) is 8.09. The van der Waals surface area contributed by atoms with Crippen LogP contribution in [0.25, 0.3) is 0 Å². The van der Waals surface area contributed by atoms with Crippen LogP contribution in [0.4, 0.5) is 0 Å². The second-order valence-electron chi connectivity index (χ2n) is 7.91. The van der Waals surface area contributed by atoms with Gasteiger partial charge in [0.25, 0.3) is 0 Å². The number of pyridine rings is 1. The van der Waals surface area contributed by atoms with Crippen molar-refractivity contribution in [1.29, 1.82) is 0 Å². The summed E-state index contributed by atoms with van der Waals surface area (Å²) in [5.74, 6) is -0.0761. The highest BCUT2D eigenvalue weighted by molar-refractivity contribution is 7.91. The van der Waals surface area contributed by atoms with Crippen molar-refractivity contribution in [1.82, 2.24) is 14.6 Å². The maximum Gasteiger partial charge on any atom is 0.223 e. The molecule has 9 nitrogen and oxygen atoms in total. The van der Waals surface area contributed by atoms with Gasteiger partial charge in [0, 0.05) is 37.9 Å². The van der Waals surface area contributed by atoms with Crippen LogP contribution in [0.1, 0.15) is 30.6 Å². The van der Waals surface area contributed by atoms with E-state index in [-0.39, 0.29) is 36.4 Å². The number of benzene rings is 1. The fourth-order valence-corrected chi connectivity index (χ4v) is 6.34. The number of nitrogens with zero attached hydrogens (tertiary/aromatic N) is 2. The fourth-order valence-electron chi connectivity index (χ4n) is 3.82. The highest BCUT2D eigenvalue weighted by atomic mass is 32.2. The molecule has 1 atom stereocenters. The Hall–Kier alpha value is -2.50. The van der Waals surface area contributed by atoms with Gasteiger partial charge in [0.2, 0.25) is 15.9 Å². The number of carbonyl (C=O) groups excluding carboxylic acids is 1. The second kappa shape index (κ2) is 10.6. The molecule has 1 unspecified atom stereocenters. The van der Waals surface area contributed by atoms with E-state index in [2.05, 4.69) is 10.3 Å². The quantitative estimate of drug-likeness (QED) is 0.563. The molecule has 1 aromatic carbocycles. The van der Waals surface area contributed by atoms with Gasteiger partial charge in [0.1, 0.15) is 11.0 Å². The first kappa shape index (κ1) is 25.1. The first-order chi connectivity index (χ1) is 15.6. The molecule has 0 radical (unpaired) electrons. The molecule has 0 saturated carbocycles. The largest absolute Gasteiger partial charge is 0.494 e. The molecule has 1 fully saturated rings. The lowest BCUT2D eigenvalue weighted by molar-refractivity contribution is -0.126. The lowest BCUT2D eigenvalue weighted by Gasteiger charge is -2.29. The van der Waals surface area contributed by atoms with Gasteiger partial charge in [-0.25, -0.2) is 21.1 Å². The van der Waals surface area contributed by atoms with Gasteiger partial charge in [-0.15, -0.1) is 0 Å². The van der Waals surface area contributed by atoms with Crippen LogP contribution in [0.5, 0.6) is 5.75 Å². The van der Waals surface area contributed by atoms with E-state index >= 15 is 0 Å². The number of nitrogens with one attached hydrogen (secondary N) is 1. The van der Waals surface area contributed by atoms with Crippen LogP contribution in [-0.4, -0.2) is 64.5 Å². The van der Waals surface area contributed by atoms with Crippen LogP contribution in [0.2, 0.25) is 0 Å². The van der Waals surface area contributed by atoms with Gasteiger partial charge in [-0.3, -0.25) is 9.78 Å². The number of hydrogen-bond donors (Lipinski definition) is 1. The number of aromatic nitrogens is 1. The summed E-state index contributed by atoms with van der Waals surface area (Å²) >= 11 is 0. The number of piperidine rings is 1. The third-order valence-corrected chi connectivity index (χ3v) is 9.07. The molecule has 1 saturated heterocycles. The van der Waals surface area contributed by atoms with Crippen LogP contribution in [0.3, 0.4) is 0 Å². The molecule has 3 rings (SSSR count). The number of sulfonamides is 1. The van der Waals surface area contributed by atoms with Crippen LogP contribution in [0.15, 0.2) is 53.7 Å². The van der Waals surface area contributed by atoms with Gasteiger partial charge >= 0.3 is 0 Å². The Balaban J connectivity index is 1.75. The molecule has 11 heteroatoms. The van der Waals surface area contributed by atoms with E-state index in [1.807, 2.05) is 6.92 Å². The Morgan fingerprint density at radius 1 is 1.15 bits per heavy atom. The summed E-state index contributed by atoms with van der Waals surface area (Å²) in [6.07, 6.45) is 4.97. The molecular formula is C22H29N3O6S2. The number of ether oxygens (including phenoxy) is 1. The van der Waals surface area contributed by atoms with Crippen molar-refractivity contribution in [2.24, 2.45) is 5.92 Å². The highest BCUT2D eigenvalue weighted by Gasteiger charge is 2.32. The number of sulfone groups is 1. The molecule has 2 heterocycles. The normalized spacial score (nSPS) is 16.8. The number of hydrogen-bond acceptors (Lipinski definition) is 7. The molecule has 1 aliphatic rings. The summed E-state index contributed by atoms with van der Waals surface area (Å²) in [6.45, 7) is 2.74. The van der Waals surface area contributed by atoms with Crippen molar-refractivity contribution in [3.8, 4) is 5.75 Å². The van der Waals surface area contributed by atoms with Crippen molar-refractivity contribution in [2.75, 3.05) is 32.5 Å². The lowest BCUT2D eigenvalue weighted by atomic mass is 9.97. The third-order valence-electron chi connectivity index (χ3n) is 5.65. The summed E-state index contributed by atoms with van der Waals surface area (Å²) in [5, 5.41) is 1.75. The van der Waals surface area contributed by atoms with E-state index in [9.17, 15) is 21.6 Å². The molecule has 0 aliphatic carbocycles. The fraction of sp³-hybridized carbons (Fsp3) is 0.455. The zero-order valence-electron chi connectivity index (χ0n) is 18.7. The summed E-state index contributed by atoms with van der Waals surface area (Å²) in [5.41, 5.74) is 0.471. The SMILES string of the molecule is CCOc1ccc(S(=O)(=O)C(CNC(=O)C2CCN(S(C)(=O)=O)CC2)c2cccnc2)cc1. The van der Waals surface area contributed by atoms with Gasteiger partial charge in [-0.1, -0.05) is 6.07 Å². The van der Waals surface area contributed by atoms with Crippen LogP contribution < -0.4 is 10.1 Å². The van der Waals surface area contributed by atoms with Gasteiger partial charge in [0.05, 0.1) is 17.8 Å². The predicted molar refractivity (Wildman–Crippen MR) is 124 cm³/mol. The summed E-state index contributed by atoms with van der Waals surface area (Å²) in [7, 11) is -7.13. The van der Waals surface area contributed by atoms with Gasteiger partial charge < -0.3 is 10.1 Å². The average Bonchev–Trinajstić information content (AvgIpc) is 2.80. The van der Waals surface area contributed by atoms with E-state index in [1.165, 1.54) is 22.6 Å². The second-order valence-corrected chi connectivity index (χ2v) is 12.0. The topological polar surface area (TPSA) is 123 Å². The standard InChI is InChI=1S/C22H29N3O6S2/c1-3-31-19-6-8-20(9-7-19)33(29,30)21(18-5-4-12-23-15-18)16-24-22(26)17-10-13-25(14-11-17)32(2,27)28/h4-9,12,15,17,21H,3,10-11,13-14,16H2,1-2H3,(H,24,26). The Labute approximate surface area is 195 Å². The molecule has 1 amide bonds. The zero-order valence-corrected chi connectivity index (χ0v) is 20.3. The molecule has 0 bridgehead atoms. The van der Waals surface area contributed by atoms with Crippen molar-refractivity contribution in [2.45, 2.75) is 29.9 Å². The molecule has 180 valence electrons. The molecule has 0 spiro atoms. The maximum absolute atomic E-state index is 13.5. The van der Waals surface area contributed by atoms with Crippen molar-refractivity contribution >= 4 is 25.8 Å². The molecule has 1 N–H and O–H groups in total. The summed E-state index contributed by atoms with van der Waals surface area (Å²) in [4.78, 5) is 16.9. The average molecular weight is 496 g/mol. The van der Waals surface area contributed by atoms with Crippen molar-refractivity contribution < 1.29 is 26.4 Å². The number of carbonyl (C=O) groups is 1. The number of amides is 1. The van der Waals surface area contributed by atoms with Crippen molar-refractivity contribution in [3.05, 3.63) is 54.4 Å². The Bertz CT molecular complexity index is 1140. The molecule has 33 heavy (non-hydrogen) atoms. The first-order valence-electron chi connectivity index (χ1n) is 10.7. The minimum Gasteiger partial charge on any atom is -0.494 e. The van der Waals surface area contributed by atoms with E-state index < -0.39 is 25.1 Å².